The first-order chi connectivity index (χ1) is 8.19. The number of aliphatic hydroxyl groups excluding tert-OH is 1. The Kier molecular flexibility index (Phi) is 3.14. The summed E-state index contributed by atoms with van der Waals surface area (Å²) in [6.07, 6.45) is 0. The molecule has 2 rings (SSSR count). The molecule has 0 spiro atoms. The van der Waals surface area contributed by atoms with Crippen molar-refractivity contribution in [3.63, 3.8) is 0 Å². The number of nitrogens with zero attached hydrogens (tertiary/aromatic N) is 3. The van der Waals surface area contributed by atoms with Crippen molar-refractivity contribution < 1.29 is 13.9 Å². The lowest BCUT2D eigenvalue weighted by Gasteiger charge is -2.07. The molecule has 0 unspecified atom stereocenters. The second-order valence-corrected chi connectivity index (χ2v) is 3.44. The zero-order valence-corrected chi connectivity index (χ0v) is 9.19. The van der Waals surface area contributed by atoms with E-state index >= 15 is 0 Å². The van der Waals surface area contributed by atoms with E-state index in [4.69, 9.17) is 5.11 Å². The fraction of sp³-hybridized carbons (Fsp3) is 0.273. The molecule has 0 saturated heterocycles. The molecule has 4 nitrogen and oxygen atoms in total. The van der Waals surface area contributed by atoms with Gasteiger partial charge in [0.2, 0.25) is 0 Å². The van der Waals surface area contributed by atoms with Gasteiger partial charge in [0.05, 0.1) is 5.56 Å². The lowest BCUT2D eigenvalue weighted by molar-refractivity contribution is 0.265. The van der Waals surface area contributed by atoms with Crippen LogP contribution in [0.4, 0.5) is 8.78 Å². The van der Waals surface area contributed by atoms with E-state index in [1.54, 1.807) is 0 Å². The summed E-state index contributed by atoms with van der Waals surface area (Å²) in [6, 6.07) is 3.87. The zero-order valence-electron chi connectivity index (χ0n) is 9.19. The summed E-state index contributed by atoms with van der Waals surface area (Å²) in [5.41, 5.74) is 0.0408. The molecular weight excluding hydrogens is 228 g/mol. The van der Waals surface area contributed by atoms with Crippen molar-refractivity contribution >= 4 is 0 Å². The Bertz CT molecular complexity index is 540. The maximum atomic E-state index is 13.6. The van der Waals surface area contributed by atoms with Gasteiger partial charge in [0.1, 0.15) is 6.61 Å². The van der Waals surface area contributed by atoms with Crippen molar-refractivity contribution in [3.8, 4) is 11.4 Å². The summed E-state index contributed by atoms with van der Waals surface area (Å²) >= 11 is 0. The molecule has 1 aromatic carbocycles. The largest absolute Gasteiger partial charge is 0.388 e. The van der Waals surface area contributed by atoms with Crippen LogP contribution in [0.1, 0.15) is 12.7 Å². The van der Waals surface area contributed by atoms with E-state index in [1.807, 2.05) is 6.92 Å². The molecule has 6 heteroatoms. The maximum Gasteiger partial charge on any atom is 0.169 e. The topological polar surface area (TPSA) is 50.9 Å². The van der Waals surface area contributed by atoms with Crippen molar-refractivity contribution in [2.75, 3.05) is 0 Å². The Morgan fingerprint density at radius 3 is 2.71 bits per heavy atom. The van der Waals surface area contributed by atoms with E-state index in [9.17, 15) is 8.78 Å². The molecule has 0 aliphatic carbocycles. The van der Waals surface area contributed by atoms with Crippen molar-refractivity contribution in [2.45, 2.75) is 20.1 Å². The minimum atomic E-state index is -0.959. The Balaban J connectivity index is 2.60. The molecule has 0 radical (unpaired) electrons. The molecule has 0 fully saturated rings. The van der Waals surface area contributed by atoms with Crippen LogP contribution in [0.2, 0.25) is 0 Å². The lowest BCUT2D eigenvalue weighted by atomic mass is 10.2. The van der Waals surface area contributed by atoms with Gasteiger partial charge in [-0.25, -0.2) is 8.78 Å². The molecule has 2 aromatic rings. The quantitative estimate of drug-likeness (QED) is 0.887. The zero-order chi connectivity index (χ0) is 12.4. The van der Waals surface area contributed by atoms with Gasteiger partial charge >= 0.3 is 0 Å². The van der Waals surface area contributed by atoms with Crippen LogP contribution in [0.25, 0.3) is 11.4 Å². The van der Waals surface area contributed by atoms with Gasteiger partial charge in [-0.15, -0.1) is 10.2 Å². The lowest BCUT2D eigenvalue weighted by Crippen LogP contribution is -2.04. The molecule has 0 aliphatic heterocycles. The number of hydrogen-bond donors (Lipinski definition) is 1. The van der Waals surface area contributed by atoms with Crippen molar-refractivity contribution in [1.82, 2.24) is 14.8 Å². The second kappa shape index (κ2) is 4.58. The fourth-order valence-electron chi connectivity index (χ4n) is 1.66. The molecule has 0 atom stereocenters. The van der Waals surface area contributed by atoms with Crippen molar-refractivity contribution in [1.29, 1.82) is 0 Å². The fourth-order valence-corrected chi connectivity index (χ4v) is 1.66. The van der Waals surface area contributed by atoms with Crippen LogP contribution < -0.4 is 0 Å². The minimum Gasteiger partial charge on any atom is -0.388 e. The van der Waals surface area contributed by atoms with Crippen LogP contribution in [0.3, 0.4) is 0 Å². The van der Waals surface area contributed by atoms with Crippen LogP contribution in [0, 0.1) is 11.6 Å². The van der Waals surface area contributed by atoms with E-state index in [0.717, 1.165) is 6.07 Å². The Morgan fingerprint density at radius 2 is 2.06 bits per heavy atom. The van der Waals surface area contributed by atoms with E-state index in [-0.39, 0.29) is 18.0 Å². The minimum absolute atomic E-state index is 0.0408. The van der Waals surface area contributed by atoms with Gasteiger partial charge in [-0.2, -0.15) is 0 Å². The van der Waals surface area contributed by atoms with Crippen LogP contribution >= 0.6 is 0 Å². The molecule has 0 saturated carbocycles. The number of rotatable bonds is 3. The highest BCUT2D eigenvalue weighted by atomic mass is 19.2. The molecule has 0 aliphatic rings. The summed E-state index contributed by atoms with van der Waals surface area (Å²) in [4.78, 5) is 0. The average molecular weight is 239 g/mol. The first-order valence-corrected chi connectivity index (χ1v) is 5.16. The predicted octanol–water partition coefficient (Wildman–Crippen LogP) is 1.74. The summed E-state index contributed by atoms with van der Waals surface area (Å²) in [7, 11) is 0. The first kappa shape index (κ1) is 11.7. The van der Waals surface area contributed by atoms with Crippen LogP contribution in [-0.4, -0.2) is 19.9 Å². The molecule has 1 aromatic heterocycles. The average Bonchev–Trinajstić information content (AvgIpc) is 2.75. The van der Waals surface area contributed by atoms with Gasteiger partial charge in [0.15, 0.2) is 23.3 Å². The van der Waals surface area contributed by atoms with Crippen molar-refractivity contribution in [3.05, 3.63) is 35.7 Å². The van der Waals surface area contributed by atoms with Crippen LogP contribution in [0.15, 0.2) is 18.2 Å². The Morgan fingerprint density at radius 1 is 1.29 bits per heavy atom. The molecule has 17 heavy (non-hydrogen) atoms. The van der Waals surface area contributed by atoms with E-state index in [0.29, 0.717) is 12.4 Å². The van der Waals surface area contributed by atoms with Gasteiger partial charge < -0.3 is 9.67 Å². The Labute approximate surface area is 96.5 Å². The van der Waals surface area contributed by atoms with E-state index in [2.05, 4.69) is 10.2 Å². The normalized spacial score (nSPS) is 10.8. The number of aromatic nitrogens is 3. The SMILES string of the molecule is CCn1c(CO)nnc1-c1cccc(F)c1F. The standard InChI is InChI=1S/C11H11F2N3O/c1-2-16-9(6-17)14-15-11(16)7-4-3-5-8(12)10(7)13/h3-5,17H,2,6H2,1H3. The molecule has 0 amide bonds. The van der Waals surface area contributed by atoms with Crippen LogP contribution in [-0.2, 0) is 13.2 Å². The molecular formula is C11H11F2N3O. The maximum absolute atomic E-state index is 13.6. The smallest absolute Gasteiger partial charge is 0.169 e. The van der Waals surface area contributed by atoms with Gasteiger partial charge in [-0.3, -0.25) is 0 Å². The predicted molar refractivity (Wildman–Crippen MR) is 57.0 cm³/mol. The highest BCUT2D eigenvalue weighted by Gasteiger charge is 2.17. The third-order valence-electron chi connectivity index (χ3n) is 2.48. The van der Waals surface area contributed by atoms with Gasteiger partial charge in [0, 0.05) is 6.54 Å². The molecule has 1 N–H and O–H groups in total. The molecule has 90 valence electrons. The molecule has 1 heterocycles. The second-order valence-electron chi connectivity index (χ2n) is 3.44. The molecule has 0 bridgehead atoms. The third kappa shape index (κ3) is 1.91. The highest BCUT2D eigenvalue weighted by Crippen LogP contribution is 2.23. The number of aliphatic hydroxyl groups is 1. The summed E-state index contributed by atoms with van der Waals surface area (Å²) < 4.78 is 28.2. The van der Waals surface area contributed by atoms with E-state index < -0.39 is 11.6 Å². The number of halogens is 2. The van der Waals surface area contributed by atoms with Crippen molar-refractivity contribution in [2.24, 2.45) is 0 Å². The monoisotopic (exact) mass is 239 g/mol. The number of benzene rings is 1. The summed E-state index contributed by atoms with van der Waals surface area (Å²) in [5, 5.41) is 16.5. The van der Waals surface area contributed by atoms with Gasteiger partial charge in [-0.05, 0) is 19.1 Å². The third-order valence-corrected chi connectivity index (χ3v) is 2.48. The summed E-state index contributed by atoms with van der Waals surface area (Å²) in [6.45, 7) is 1.98. The first-order valence-electron chi connectivity index (χ1n) is 5.16. The van der Waals surface area contributed by atoms with Gasteiger partial charge in [-0.1, -0.05) is 6.07 Å². The Hall–Kier alpha value is -1.82. The summed E-state index contributed by atoms with van der Waals surface area (Å²) in [5.74, 6) is -1.35. The number of hydrogen-bond acceptors (Lipinski definition) is 3. The van der Waals surface area contributed by atoms with E-state index in [1.165, 1.54) is 16.7 Å². The van der Waals surface area contributed by atoms with Crippen LogP contribution in [0.5, 0.6) is 0 Å². The highest BCUT2D eigenvalue weighted by molar-refractivity contribution is 5.56. The van der Waals surface area contributed by atoms with Gasteiger partial charge in [0.25, 0.3) is 0 Å².